The van der Waals surface area contributed by atoms with Crippen molar-refractivity contribution in [2.75, 3.05) is 0 Å². The SMILES string of the molecule is O=[N+]([O-])c1ccccc1-n1cnc2ncnc(Cl)c21. The Morgan fingerprint density at radius 2 is 2.00 bits per heavy atom. The summed E-state index contributed by atoms with van der Waals surface area (Å²) in [6, 6.07) is 6.33. The fourth-order valence-corrected chi connectivity index (χ4v) is 2.04. The van der Waals surface area contributed by atoms with Gasteiger partial charge in [0.05, 0.1) is 4.92 Å². The number of nitrogens with zero attached hydrogens (tertiary/aromatic N) is 5. The lowest BCUT2D eigenvalue weighted by Gasteiger charge is -2.05. The highest BCUT2D eigenvalue weighted by atomic mass is 35.5. The van der Waals surface area contributed by atoms with Crippen LogP contribution < -0.4 is 0 Å². The summed E-state index contributed by atoms with van der Waals surface area (Å²) < 4.78 is 1.51. The van der Waals surface area contributed by atoms with E-state index in [2.05, 4.69) is 15.0 Å². The number of para-hydroxylation sites is 2. The molecular formula is C11H6ClN5O2. The van der Waals surface area contributed by atoms with Crippen LogP contribution in [0.3, 0.4) is 0 Å². The number of hydrogen-bond acceptors (Lipinski definition) is 5. The van der Waals surface area contributed by atoms with Gasteiger partial charge < -0.3 is 0 Å². The Bertz CT molecular complexity index is 786. The Labute approximate surface area is 111 Å². The number of aromatic nitrogens is 4. The molecule has 94 valence electrons. The molecule has 7 nitrogen and oxygen atoms in total. The molecule has 0 aliphatic heterocycles. The van der Waals surface area contributed by atoms with Gasteiger partial charge in [-0.1, -0.05) is 23.7 Å². The van der Waals surface area contributed by atoms with Gasteiger partial charge in [-0.15, -0.1) is 0 Å². The monoisotopic (exact) mass is 275 g/mol. The van der Waals surface area contributed by atoms with Crippen molar-refractivity contribution in [2.45, 2.75) is 0 Å². The minimum atomic E-state index is -0.459. The molecule has 1 aromatic carbocycles. The second kappa shape index (κ2) is 4.29. The summed E-state index contributed by atoms with van der Waals surface area (Å²) in [7, 11) is 0. The van der Waals surface area contributed by atoms with Crippen molar-refractivity contribution < 1.29 is 4.92 Å². The third kappa shape index (κ3) is 1.80. The lowest BCUT2D eigenvalue weighted by Crippen LogP contribution is -1.99. The molecule has 3 aromatic rings. The van der Waals surface area contributed by atoms with Crippen molar-refractivity contribution in [3.05, 3.63) is 52.2 Å². The molecule has 0 atom stereocenters. The summed E-state index contributed by atoms with van der Waals surface area (Å²) in [4.78, 5) is 22.5. The Morgan fingerprint density at radius 1 is 1.21 bits per heavy atom. The molecule has 2 aromatic heterocycles. The molecule has 0 aliphatic carbocycles. The van der Waals surface area contributed by atoms with E-state index in [1.807, 2.05) is 0 Å². The number of nitro groups is 1. The first-order valence-corrected chi connectivity index (χ1v) is 5.63. The molecule has 2 heterocycles. The second-order valence-electron chi connectivity index (χ2n) is 3.70. The first kappa shape index (κ1) is 11.5. The van der Waals surface area contributed by atoms with Gasteiger partial charge >= 0.3 is 0 Å². The highest BCUT2D eigenvalue weighted by molar-refractivity contribution is 6.33. The van der Waals surface area contributed by atoms with Crippen LogP contribution >= 0.6 is 11.6 Å². The summed E-state index contributed by atoms with van der Waals surface area (Å²) >= 11 is 6.00. The zero-order chi connectivity index (χ0) is 13.4. The highest BCUT2D eigenvalue weighted by Gasteiger charge is 2.18. The van der Waals surface area contributed by atoms with Crippen LogP contribution in [0.1, 0.15) is 0 Å². The van der Waals surface area contributed by atoms with Crippen LogP contribution in [-0.2, 0) is 0 Å². The summed E-state index contributed by atoms with van der Waals surface area (Å²) in [5, 5.41) is 11.2. The number of fused-ring (bicyclic) bond motifs is 1. The van der Waals surface area contributed by atoms with E-state index in [1.165, 1.54) is 23.3 Å². The van der Waals surface area contributed by atoms with Gasteiger partial charge in [-0.2, -0.15) is 0 Å². The molecule has 0 unspecified atom stereocenters. The third-order valence-electron chi connectivity index (χ3n) is 2.63. The van der Waals surface area contributed by atoms with E-state index in [0.29, 0.717) is 16.9 Å². The summed E-state index contributed by atoms with van der Waals surface area (Å²) in [5.41, 5.74) is 1.16. The first-order chi connectivity index (χ1) is 9.18. The molecule has 0 radical (unpaired) electrons. The topological polar surface area (TPSA) is 86.7 Å². The van der Waals surface area contributed by atoms with Crippen molar-refractivity contribution in [1.82, 2.24) is 19.5 Å². The highest BCUT2D eigenvalue weighted by Crippen LogP contribution is 2.27. The van der Waals surface area contributed by atoms with E-state index < -0.39 is 4.92 Å². The van der Waals surface area contributed by atoms with Crippen LogP contribution in [-0.4, -0.2) is 24.4 Å². The third-order valence-corrected chi connectivity index (χ3v) is 2.91. The fraction of sp³-hybridized carbons (Fsp3) is 0. The molecule has 0 spiro atoms. The summed E-state index contributed by atoms with van der Waals surface area (Å²) in [6.07, 6.45) is 2.73. The molecule has 0 fully saturated rings. The first-order valence-electron chi connectivity index (χ1n) is 5.26. The van der Waals surface area contributed by atoms with Crippen molar-refractivity contribution in [3.8, 4) is 5.69 Å². The van der Waals surface area contributed by atoms with Crippen molar-refractivity contribution in [2.24, 2.45) is 0 Å². The van der Waals surface area contributed by atoms with Gasteiger partial charge in [-0.3, -0.25) is 14.7 Å². The van der Waals surface area contributed by atoms with Crippen LogP contribution in [0.4, 0.5) is 5.69 Å². The van der Waals surface area contributed by atoms with E-state index >= 15 is 0 Å². The Balaban J connectivity index is 2.34. The number of hydrogen-bond donors (Lipinski definition) is 0. The lowest BCUT2D eigenvalue weighted by molar-refractivity contribution is -0.384. The Hall–Kier alpha value is -2.54. The van der Waals surface area contributed by atoms with E-state index in [9.17, 15) is 10.1 Å². The van der Waals surface area contributed by atoms with Gasteiger partial charge in [0.25, 0.3) is 5.69 Å². The average Bonchev–Trinajstić information content (AvgIpc) is 2.84. The largest absolute Gasteiger partial charge is 0.293 e. The molecule has 8 heteroatoms. The molecule has 3 rings (SSSR count). The number of rotatable bonds is 2. The zero-order valence-electron chi connectivity index (χ0n) is 9.39. The number of imidazole rings is 1. The van der Waals surface area contributed by atoms with Crippen molar-refractivity contribution in [3.63, 3.8) is 0 Å². The van der Waals surface area contributed by atoms with Crippen LogP contribution in [0, 0.1) is 10.1 Å². The molecule has 0 saturated heterocycles. The van der Waals surface area contributed by atoms with Crippen LogP contribution in [0.15, 0.2) is 36.9 Å². The van der Waals surface area contributed by atoms with E-state index in [0.717, 1.165) is 0 Å². The van der Waals surface area contributed by atoms with Gasteiger partial charge in [0.2, 0.25) is 0 Å². The molecule has 0 bridgehead atoms. The van der Waals surface area contributed by atoms with Gasteiger partial charge in [-0.05, 0) is 6.07 Å². The second-order valence-corrected chi connectivity index (χ2v) is 4.06. The zero-order valence-corrected chi connectivity index (χ0v) is 10.2. The van der Waals surface area contributed by atoms with E-state index in [4.69, 9.17) is 11.6 Å². The van der Waals surface area contributed by atoms with Crippen LogP contribution in [0.5, 0.6) is 0 Å². The van der Waals surface area contributed by atoms with Gasteiger partial charge in [0, 0.05) is 6.07 Å². The standard InChI is InChI=1S/C11H6ClN5O2/c12-10-9-11(14-5-13-10)15-6-16(9)7-3-1-2-4-8(7)17(18)19/h1-6H. The van der Waals surface area contributed by atoms with Crippen LogP contribution in [0.2, 0.25) is 5.15 Å². The quantitative estimate of drug-likeness (QED) is 0.407. The van der Waals surface area contributed by atoms with Gasteiger partial charge in [0.15, 0.2) is 10.8 Å². The number of halogens is 1. The van der Waals surface area contributed by atoms with E-state index in [-0.39, 0.29) is 10.8 Å². The maximum atomic E-state index is 11.0. The smallest absolute Gasteiger partial charge is 0.288 e. The fourth-order valence-electron chi connectivity index (χ4n) is 1.83. The number of benzene rings is 1. The summed E-state index contributed by atoms with van der Waals surface area (Å²) in [5.74, 6) is 0. The van der Waals surface area contributed by atoms with Gasteiger partial charge in [-0.25, -0.2) is 15.0 Å². The van der Waals surface area contributed by atoms with Crippen LogP contribution in [0.25, 0.3) is 16.9 Å². The lowest BCUT2D eigenvalue weighted by atomic mass is 10.2. The molecule has 0 amide bonds. The van der Waals surface area contributed by atoms with Crippen molar-refractivity contribution >= 4 is 28.5 Å². The number of nitro benzene ring substituents is 1. The maximum absolute atomic E-state index is 11.0. The minimum Gasteiger partial charge on any atom is -0.288 e. The predicted octanol–water partition coefficient (Wildman–Crippen LogP) is 2.38. The molecule has 0 N–H and O–H groups in total. The predicted molar refractivity (Wildman–Crippen MR) is 68.3 cm³/mol. The Kier molecular flexibility index (Phi) is 2.60. The molecular weight excluding hydrogens is 270 g/mol. The van der Waals surface area contributed by atoms with Gasteiger partial charge in [0.1, 0.15) is 23.9 Å². The molecule has 19 heavy (non-hydrogen) atoms. The normalized spacial score (nSPS) is 10.8. The van der Waals surface area contributed by atoms with E-state index in [1.54, 1.807) is 18.2 Å². The maximum Gasteiger partial charge on any atom is 0.293 e. The molecule has 0 aliphatic rings. The molecule has 0 saturated carbocycles. The summed E-state index contributed by atoms with van der Waals surface area (Å²) in [6.45, 7) is 0. The Morgan fingerprint density at radius 3 is 2.79 bits per heavy atom. The average molecular weight is 276 g/mol. The van der Waals surface area contributed by atoms with Crippen molar-refractivity contribution in [1.29, 1.82) is 0 Å². The minimum absolute atomic E-state index is 0.0401.